The third kappa shape index (κ3) is 2.25. The zero-order valence-electron chi connectivity index (χ0n) is 10.3. The molecule has 4 atom stereocenters. The minimum Gasteiger partial charge on any atom is -0.481 e. The summed E-state index contributed by atoms with van der Waals surface area (Å²) in [6, 6.07) is 7.12. The van der Waals surface area contributed by atoms with Crippen LogP contribution in [-0.4, -0.2) is 29.2 Å². The van der Waals surface area contributed by atoms with Crippen molar-refractivity contribution in [3.05, 3.63) is 40.9 Å². The van der Waals surface area contributed by atoms with Gasteiger partial charge in [-0.15, -0.1) is 0 Å². The van der Waals surface area contributed by atoms with Crippen molar-refractivity contribution in [2.24, 2.45) is 11.8 Å². The van der Waals surface area contributed by atoms with E-state index in [4.69, 9.17) is 4.74 Å². The fourth-order valence-corrected chi connectivity index (χ4v) is 2.94. The highest BCUT2D eigenvalue weighted by Gasteiger charge is 2.53. The SMILES string of the molecule is O=C(O)[C@H]1[C@H](C(=O)Nc2ccc(Br)cc2)[C@H]2C=C[C@H]1O2. The second-order valence-corrected chi connectivity index (χ2v) is 5.75. The molecule has 0 aliphatic carbocycles. The van der Waals surface area contributed by atoms with E-state index >= 15 is 0 Å². The predicted octanol–water partition coefficient (Wildman–Crippen LogP) is 2.04. The lowest BCUT2D eigenvalue weighted by molar-refractivity contribution is -0.145. The highest BCUT2D eigenvalue weighted by Crippen LogP contribution is 2.39. The van der Waals surface area contributed by atoms with E-state index in [2.05, 4.69) is 21.2 Å². The van der Waals surface area contributed by atoms with Gasteiger partial charge in [-0.25, -0.2) is 0 Å². The van der Waals surface area contributed by atoms with Crippen LogP contribution in [0.5, 0.6) is 0 Å². The molecule has 3 rings (SSSR count). The van der Waals surface area contributed by atoms with Gasteiger partial charge in [0.05, 0.1) is 18.1 Å². The molecule has 0 aromatic heterocycles. The molecule has 104 valence electrons. The summed E-state index contributed by atoms with van der Waals surface area (Å²) in [5.41, 5.74) is 0.633. The Kier molecular flexibility index (Phi) is 3.35. The van der Waals surface area contributed by atoms with Crippen molar-refractivity contribution < 1.29 is 19.4 Å². The maximum absolute atomic E-state index is 12.3. The van der Waals surface area contributed by atoms with Crippen molar-refractivity contribution in [1.82, 2.24) is 0 Å². The highest BCUT2D eigenvalue weighted by molar-refractivity contribution is 9.10. The van der Waals surface area contributed by atoms with Crippen molar-refractivity contribution in [3.63, 3.8) is 0 Å². The first-order chi connectivity index (χ1) is 9.56. The minimum atomic E-state index is -1.00. The molecule has 1 fully saturated rings. The number of rotatable bonds is 3. The Labute approximate surface area is 123 Å². The molecular formula is C14H12BrNO4. The lowest BCUT2D eigenvalue weighted by Gasteiger charge is -2.20. The summed E-state index contributed by atoms with van der Waals surface area (Å²) < 4.78 is 6.38. The van der Waals surface area contributed by atoms with Crippen molar-refractivity contribution in [2.75, 3.05) is 5.32 Å². The molecule has 0 radical (unpaired) electrons. The van der Waals surface area contributed by atoms with Crippen molar-refractivity contribution in [3.8, 4) is 0 Å². The lowest BCUT2D eigenvalue weighted by atomic mass is 9.82. The van der Waals surface area contributed by atoms with Crippen molar-refractivity contribution in [2.45, 2.75) is 12.2 Å². The number of carboxylic acids is 1. The number of hydrogen-bond acceptors (Lipinski definition) is 3. The number of carbonyl (C=O) groups excluding carboxylic acids is 1. The molecule has 2 N–H and O–H groups in total. The number of amides is 1. The summed E-state index contributed by atoms with van der Waals surface area (Å²) in [7, 11) is 0. The van der Waals surface area contributed by atoms with Crippen LogP contribution in [-0.2, 0) is 14.3 Å². The molecule has 6 heteroatoms. The smallest absolute Gasteiger partial charge is 0.310 e. The number of halogens is 1. The van der Waals surface area contributed by atoms with E-state index in [0.717, 1.165) is 4.47 Å². The molecule has 2 bridgehead atoms. The van der Waals surface area contributed by atoms with Crippen LogP contribution in [0.1, 0.15) is 0 Å². The first kappa shape index (κ1) is 13.3. The van der Waals surface area contributed by atoms with Gasteiger partial charge in [-0.1, -0.05) is 28.1 Å². The highest BCUT2D eigenvalue weighted by atomic mass is 79.9. The normalized spacial score (nSPS) is 30.4. The average Bonchev–Trinajstić information content (AvgIpc) is 3.01. The molecule has 1 saturated heterocycles. The Morgan fingerprint density at radius 2 is 1.70 bits per heavy atom. The fourth-order valence-electron chi connectivity index (χ4n) is 2.67. The standard InChI is InChI=1S/C14H12BrNO4/c15-7-1-3-8(4-2-7)16-13(17)11-9-5-6-10(20-9)12(11)14(18)19/h1-6,9-12H,(H,16,17)(H,18,19)/t9-,10-,11-,12-/m1/s1. The number of aliphatic carboxylic acids is 1. The zero-order valence-corrected chi connectivity index (χ0v) is 11.9. The van der Waals surface area contributed by atoms with Crippen LogP contribution < -0.4 is 5.32 Å². The topological polar surface area (TPSA) is 75.6 Å². The van der Waals surface area contributed by atoms with Gasteiger partial charge in [0.15, 0.2) is 0 Å². The van der Waals surface area contributed by atoms with E-state index in [9.17, 15) is 14.7 Å². The van der Waals surface area contributed by atoms with Gasteiger partial charge >= 0.3 is 5.97 Å². The largest absolute Gasteiger partial charge is 0.481 e. The van der Waals surface area contributed by atoms with Gasteiger partial charge in [-0.2, -0.15) is 0 Å². The van der Waals surface area contributed by atoms with Crippen molar-refractivity contribution >= 4 is 33.5 Å². The Morgan fingerprint density at radius 1 is 1.10 bits per heavy atom. The number of carbonyl (C=O) groups is 2. The van der Waals surface area contributed by atoms with Crippen LogP contribution in [0.25, 0.3) is 0 Å². The third-order valence-corrected chi connectivity index (χ3v) is 4.13. The number of ether oxygens (including phenoxy) is 1. The Bertz CT molecular complexity index is 583. The Balaban J connectivity index is 1.78. The number of nitrogens with one attached hydrogen (secondary N) is 1. The maximum atomic E-state index is 12.3. The number of anilines is 1. The number of carboxylic acid groups (broad SMARTS) is 1. The first-order valence-electron chi connectivity index (χ1n) is 6.19. The van der Waals surface area contributed by atoms with Gasteiger partial charge in [-0.3, -0.25) is 9.59 Å². The number of fused-ring (bicyclic) bond motifs is 2. The molecule has 2 aliphatic rings. The summed E-state index contributed by atoms with van der Waals surface area (Å²) >= 11 is 3.31. The molecule has 1 amide bonds. The molecule has 2 aliphatic heterocycles. The minimum absolute atomic E-state index is 0.323. The van der Waals surface area contributed by atoms with Crippen LogP contribution in [0.3, 0.4) is 0 Å². The Morgan fingerprint density at radius 3 is 2.30 bits per heavy atom. The predicted molar refractivity (Wildman–Crippen MR) is 75.2 cm³/mol. The molecule has 0 spiro atoms. The van der Waals surface area contributed by atoms with Gasteiger partial charge in [0.1, 0.15) is 5.92 Å². The van der Waals surface area contributed by atoms with Gasteiger partial charge in [0.25, 0.3) is 0 Å². The van der Waals surface area contributed by atoms with Crippen LogP contribution in [0.15, 0.2) is 40.9 Å². The van der Waals surface area contributed by atoms with Crippen LogP contribution in [0.2, 0.25) is 0 Å². The third-order valence-electron chi connectivity index (χ3n) is 3.60. The summed E-state index contributed by atoms with van der Waals surface area (Å²) in [5, 5.41) is 12.0. The van der Waals surface area contributed by atoms with Gasteiger partial charge in [0, 0.05) is 10.2 Å². The Hall–Kier alpha value is -1.66. The van der Waals surface area contributed by atoms with Crippen LogP contribution in [0, 0.1) is 11.8 Å². The molecular weight excluding hydrogens is 326 g/mol. The van der Waals surface area contributed by atoms with Crippen LogP contribution >= 0.6 is 15.9 Å². The second kappa shape index (κ2) is 5.03. The number of benzene rings is 1. The molecule has 20 heavy (non-hydrogen) atoms. The quantitative estimate of drug-likeness (QED) is 0.827. The molecule has 5 nitrogen and oxygen atoms in total. The molecule has 1 aromatic rings. The first-order valence-corrected chi connectivity index (χ1v) is 6.98. The molecule has 0 saturated carbocycles. The van der Waals surface area contributed by atoms with E-state index in [0.29, 0.717) is 5.69 Å². The van der Waals surface area contributed by atoms with E-state index in [1.807, 2.05) is 12.1 Å². The second-order valence-electron chi connectivity index (χ2n) is 4.84. The monoisotopic (exact) mass is 337 g/mol. The lowest BCUT2D eigenvalue weighted by Crippen LogP contribution is -2.39. The summed E-state index contributed by atoms with van der Waals surface area (Å²) in [6.07, 6.45) is 2.53. The zero-order chi connectivity index (χ0) is 14.3. The molecule has 0 unspecified atom stereocenters. The van der Waals surface area contributed by atoms with Gasteiger partial charge < -0.3 is 15.2 Å². The van der Waals surface area contributed by atoms with Gasteiger partial charge in [-0.05, 0) is 24.3 Å². The van der Waals surface area contributed by atoms with E-state index in [1.165, 1.54) is 0 Å². The van der Waals surface area contributed by atoms with E-state index < -0.39 is 30.0 Å². The molecule has 1 aromatic carbocycles. The maximum Gasteiger partial charge on any atom is 0.310 e. The summed E-state index contributed by atoms with van der Waals surface area (Å²) in [4.78, 5) is 23.6. The summed E-state index contributed by atoms with van der Waals surface area (Å²) in [6.45, 7) is 0. The number of hydrogen-bond donors (Lipinski definition) is 2. The van der Waals surface area contributed by atoms with Crippen molar-refractivity contribution in [1.29, 1.82) is 0 Å². The van der Waals surface area contributed by atoms with Crippen LogP contribution in [0.4, 0.5) is 5.69 Å². The van der Waals surface area contributed by atoms with E-state index in [-0.39, 0.29) is 5.91 Å². The fraction of sp³-hybridized carbons (Fsp3) is 0.286. The molecule has 2 heterocycles. The average molecular weight is 338 g/mol. The van der Waals surface area contributed by atoms with Gasteiger partial charge in [0.2, 0.25) is 5.91 Å². The summed E-state index contributed by atoms with van der Waals surface area (Å²) in [5.74, 6) is -2.83. The van der Waals surface area contributed by atoms with E-state index in [1.54, 1.807) is 24.3 Å².